The van der Waals surface area contributed by atoms with Gasteiger partial charge in [0, 0.05) is 36.1 Å². The van der Waals surface area contributed by atoms with E-state index in [1.54, 1.807) is 0 Å². The molecular weight excluding hydrogens is 334 g/mol. The van der Waals surface area contributed by atoms with Gasteiger partial charge in [-0.1, -0.05) is 30.7 Å². The summed E-state index contributed by atoms with van der Waals surface area (Å²) in [4.78, 5) is 19.3. The van der Waals surface area contributed by atoms with E-state index in [1.807, 2.05) is 47.4 Å². The highest BCUT2D eigenvalue weighted by Crippen LogP contribution is 2.33. The first-order valence-corrected chi connectivity index (χ1v) is 9.06. The van der Waals surface area contributed by atoms with Crippen molar-refractivity contribution >= 4 is 34.2 Å². The number of carbonyl (C=O) groups is 1. The minimum atomic E-state index is 0.113. The van der Waals surface area contributed by atoms with Gasteiger partial charge >= 0.3 is 0 Å². The molecule has 1 aromatic heterocycles. The molecule has 4 rings (SSSR count). The number of aryl methyl sites for hydroxylation is 1. The van der Waals surface area contributed by atoms with E-state index in [9.17, 15) is 4.79 Å². The molecule has 25 heavy (non-hydrogen) atoms. The summed E-state index contributed by atoms with van der Waals surface area (Å²) in [6.07, 6.45) is 1.53. The highest BCUT2D eigenvalue weighted by atomic mass is 35.5. The fourth-order valence-corrected chi connectivity index (χ4v) is 3.74. The van der Waals surface area contributed by atoms with Crippen LogP contribution in [0.1, 0.15) is 31.5 Å². The quantitative estimate of drug-likeness (QED) is 0.686. The number of benzene rings is 2. The second-order valence-electron chi connectivity index (χ2n) is 6.49. The van der Waals surface area contributed by atoms with Gasteiger partial charge in [-0.3, -0.25) is 4.79 Å². The number of para-hydroxylation sites is 2. The monoisotopic (exact) mass is 353 g/mol. The van der Waals surface area contributed by atoms with Crippen LogP contribution >= 0.6 is 11.6 Å². The predicted molar refractivity (Wildman–Crippen MR) is 101 cm³/mol. The number of hydrogen-bond acceptors (Lipinski definition) is 2. The molecule has 128 valence electrons. The Morgan fingerprint density at radius 3 is 2.68 bits per heavy atom. The first-order chi connectivity index (χ1) is 12.2. The SMILES string of the molecule is CCCn1c(C2CC(=O)N(c3ccc(Cl)cc3)C2)nc2ccccc21. The highest BCUT2D eigenvalue weighted by molar-refractivity contribution is 6.30. The van der Waals surface area contributed by atoms with Gasteiger partial charge in [0.25, 0.3) is 0 Å². The lowest BCUT2D eigenvalue weighted by Gasteiger charge is -2.17. The van der Waals surface area contributed by atoms with Crippen LogP contribution in [0.5, 0.6) is 0 Å². The summed E-state index contributed by atoms with van der Waals surface area (Å²) in [5, 5.41) is 0.677. The largest absolute Gasteiger partial charge is 0.328 e. The number of fused-ring (bicyclic) bond motifs is 1. The van der Waals surface area contributed by atoms with Crippen molar-refractivity contribution < 1.29 is 4.79 Å². The van der Waals surface area contributed by atoms with Crippen LogP contribution in [-0.2, 0) is 11.3 Å². The lowest BCUT2D eigenvalue weighted by atomic mass is 10.1. The number of rotatable bonds is 4. The molecule has 3 aromatic rings. The molecule has 1 aliphatic heterocycles. The second-order valence-corrected chi connectivity index (χ2v) is 6.93. The third-order valence-corrected chi connectivity index (χ3v) is 5.01. The standard InChI is InChI=1S/C20H20ClN3O/c1-2-11-23-18-6-4-3-5-17(18)22-20(23)14-12-19(25)24(13-14)16-9-7-15(21)8-10-16/h3-10,14H,2,11-13H2,1H3. The molecule has 1 saturated heterocycles. The molecule has 2 heterocycles. The number of nitrogens with zero attached hydrogens (tertiary/aromatic N) is 3. The molecule has 2 aromatic carbocycles. The predicted octanol–water partition coefficient (Wildman–Crippen LogP) is 4.62. The molecule has 4 nitrogen and oxygen atoms in total. The van der Waals surface area contributed by atoms with Gasteiger partial charge in [0.15, 0.2) is 0 Å². The van der Waals surface area contributed by atoms with Crippen molar-refractivity contribution in [1.29, 1.82) is 0 Å². The maximum absolute atomic E-state index is 12.6. The van der Waals surface area contributed by atoms with E-state index in [0.717, 1.165) is 35.5 Å². The zero-order chi connectivity index (χ0) is 17.4. The first kappa shape index (κ1) is 16.2. The summed E-state index contributed by atoms with van der Waals surface area (Å²) in [5.41, 5.74) is 3.05. The van der Waals surface area contributed by atoms with Crippen molar-refractivity contribution in [2.75, 3.05) is 11.4 Å². The number of hydrogen-bond donors (Lipinski definition) is 0. The number of carbonyl (C=O) groups excluding carboxylic acids is 1. The normalized spacial score (nSPS) is 17.6. The average molecular weight is 354 g/mol. The van der Waals surface area contributed by atoms with Crippen molar-refractivity contribution in [3.63, 3.8) is 0 Å². The van der Waals surface area contributed by atoms with Crippen molar-refractivity contribution in [3.05, 3.63) is 59.4 Å². The Morgan fingerprint density at radius 2 is 1.92 bits per heavy atom. The van der Waals surface area contributed by atoms with E-state index in [-0.39, 0.29) is 11.8 Å². The van der Waals surface area contributed by atoms with Crippen LogP contribution < -0.4 is 4.90 Å². The van der Waals surface area contributed by atoms with E-state index in [2.05, 4.69) is 17.6 Å². The molecule has 0 radical (unpaired) electrons. The molecule has 1 fully saturated rings. The minimum absolute atomic E-state index is 0.113. The summed E-state index contributed by atoms with van der Waals surface area (Å²) in [7, 11) is 0. The fourth-order valence-electron chi connectivity index (χ4n) is 3.62. The van der Waals surface area contributed by atoms with Gasteiger partial charge in [0.05, 0.1) is 11.0 Å². The van der Waals surface area contributed by atoms with Gasteiger partial charge < -0.3 is 9.47 Å². The Labute approximate surface area is 152 Å². The molecule has 1 amide bonds. The van der Waals surface area contributed by atoms with E-state index >= 15 is 0 Å². The highest BCUT2D eigenvalue weighted by Gasteiger charge is 2.34. The van der Waals surface area contributed by atoms with Gasteiger partial charge in [-0.15, -0.1) is 0 Å². The number of anilines is 1. The minimum Gasteiger partial charge on any atom is -0.328 e. The summed E-state index contributed by atoms with van der Waals surface area (Å²) >= 11 is 5.96. The topological polar surface area (TPSA) is 38.1 Å². The van der Waals surface area contributed by atoms with Gasteiger partial charge in [0.1, 0.15) is 5.82 Å². The van der Waals surface area contributed by atoms with E-state index in [4.69, 9.17) is 16.6 Å². The lowest BCUT2D eigenvalue weighted by molar-refractivity contribution is -0.117. The number of halogens is 1. The molecule has 0 spiro atoms. The van der Waals surface area contributed by atoms with Crippen LogP contribution in [0, 0.1) is 0 Å². The fraction of sp³-hybridized carbons (Fsp3) is 0.300. The Morgan fingerprint density at radius 1 is 1.16 bits per heavy atom. The first-order valence-electron chi connectivity index (χ1n) is 8.68. The number of amides is 1. The summed E-state index contributed by atoms with van der Waals surface area (Å²) in [6.45, 7) is 3.74. The van der Waals surface area contributed by atoms with Crippen LogP contribution in [0.4, 0.5) is 5.69 Å². The van der Waals surface area contributed by atoms with Crippen molar-refractivity contribution in [2.24, 2.45) is 0 Å². The Balaban J connectivity index is 1.69. The molecule has 0 N–H and O–H groups in total. The van der Waals surface area contributed by atoms with Gasteiger partial charge in [-0.2, -0.15) is 0 Å². The molecule has 0 aliphatic carbocycles. The number of imidazole rings is 1. The van der Waals surface area contributed by atoms with Crippen LogP contribution in [-0.4, -0.2) is 22.0 Å². The van der Waals surface area contributed by atoms with Crippen LogP contribution in [0.3, 0.4) is 0 Å². The lowest BCUT2D eigenvalue weighted by Crippen LogP contribution is -2.24. The van der Waals surface area contributed by atoms with Gasteiger partial charge in [-0.05, 0) is 42.8 Å². The van der Waals surface area contributed by atoms with Gasteiger partial charge in [0.2, 0.25) is 5.91 Å². The molecular formula is C20H20ClN3O. The van der Waals surface area contributed by atoms with Gasteiger partial charge in [-0.25, -0.2) is 4.98 Å². The van der Waals surface area contributed by atoms with Crippen molar-refractivity contribution in [1.82, 2.24) is 9.55 Å². The average Bonchev–Trinajstić information content (AvgIpc) is 3.17. The molecule has 1 unspecified atom stereocenters. The van der Waals surface area contributed by atoms with Crippen LogP contribution in [0.2, 0.25) is 5.02 Å². The second kappa shape index (κ2) is 6.52. The molecule has 5 heteroatoms. The van der Waals surface area contributed by atoms with Crippen molar-refractivity contribution in [3.8, 4) is 0 Å². The van der Waals surface area contributed by atoms with E-state index in [0.29, 0.717) is 18.0 Å². The van der Waals surface area contributed by atoms with E-state index in [1.165, 1.54) is 0 Å². The summed E-state index contributed by atoms with van der Waals surface area (Å²) < 4.78 is 2.28. The van der Waals surface area contributed by atoms with Crippen molar-refractivity contribution in [2.45, 2.75) is 32.2 Å². The number of aromatic nitrogens is 2. The summed E-state index contributed by atoms with van der Waals surface area (Å²) in [6, 6.07) is 15.6. The maximum atomic E-state index is 12.6. The third-order valence-electron chi connectivity index (χ3n) is 4.76. The molecule has 0 bridgehead atoms. The zero-order valence-corrected chi connectivity index (χ0v) is 14.9. The third kappa shape index (κ3) is 2.91. The Kier molecular flexibility index (Phi) is 4.22. The molecule has 1 atom stereocenters. The summed E-state index contributed by atoms with van der Waals surface area (Å²) in [5.74, 6) is 1.28. The maximum Gasteiger partial charge on any atom is 0.227 e. The molecule has 0 saturated carbocycles. The van der Waals surface area contributed by atoms with Crippen LogP contribution in [0.15, 0.2) is 48.5 Å². The Bertz CT molecular complexity index is 916. The smallest absolute Gasteiger partial charge is 0.227 e. The zero-order valence-electron chi connectivity index (χ0n) is 14.2. The van der Waals surface area contributed by atoms with E-state index < -0.39 is 0 Å². The van der Waals surface area contributed by atoms with Crippen LogP contribution in [0.25, 0.3) is 11.0 Å². The molecule has 1 aliphatic rings. The Hall–Kier alpha value is -2.33.